The van der Waals surface area contributed by atoms with Crippen molar-refractivity contribution in [3.05, 3.63) is 54.4 Å². The van der Waals surface area contributed by atoms with E-state index in [1.165, 1.54) is 5.69 Å². The quantitative estimate of drug-likeness (QED) is 0.861. The zero-order valence-electron chi connectivity index (χ0n) is 15.6. The van der Waals surface area contributed by atoms with Crippen molar-refractivity contribution in [3.63, 3.8) is 0 Å². The van der Waals surface area contributed by atoms with Crippen molar-refractivity contribution in [1.82, 2.24) is 14.8 Å². The van der Waals surface area contributed by atoms with Crippen LogP contribution in [0.25, 0.3) is 0 Å². The average Bonchev–Trinajstić information content (AvgIpc) is 2.68. The number of aromatic nitrogens is 1. The maximum Gasteiger partial charge on any atom is 0.272 e. The first kappa shape index (κ1) is 18.2. The van der Waals surface area contributed by atoms with E-state index >= 15 is 0 Å². The van der Waals surface area contributed by atoms with Crippen LogP contribution in [0.15, 0.2) is 48.7 Å². The highest BCUT2D eigenvalue weighted by molar-refractivity contribution is 5.92. The summed E-state index contributed by atoms with van der Waals surface area (Å²) in [4.78, 5) is 23.3. The first-order valence-electron chi connectivity index (χ1n) is 9.07. The Balaban J connectivity index is 1.52. The summed E-state index contributed by atoms with van der Waals surface area (Å²) in [5.74, 6) is 0.0116. The minimum atomic E-state index is 0.0116. The Bertz CT molecular complexity index is 694. The molecule has 0 aliphatic carbocycles. The standard InChI is InChI=1S/C20H27N5O/c1-23(2)11-10-21-17-8-9-19(22-16-17)20(26)25-14-12-24(13-15-25)18-6-4-3-5-7-18/h3-9,16,21H,10-15H2,1-2H3. The summed E-state index contributed by atoms with van der Waals surface area (Å²) < 4.78 is 0. The second-order valence-corrected chi connectivity index (χ2v) is 6.78. The Labute approximate surface area is 155 Å². The molecule has 0 spiro atoms. The van der Waals surface area contributed by atoms with Gasteiger partial charge in [0.05, 0.1) is 11.9 Å². The highest BCUT2D eigenvalue weighted by Gasteiger charge is 2.22. The molecule has 1 aromatic carbocycles. The van der Waals surface area contributed by atoms with Crippen molar-refractivity contribution in [2.75, 3.05) is 63.6 Å². The summed E-state index contributed by atoms with van der Waals surface area (Å²) in [5.41, 5.74) is 2.67. The van der Waals surface area contributed by atoms with Crippen molar-refractivity contribution in [3.8, 4) is 0 Å². The van der Waals surface area contributed by atoms with Gasteiger partial charge in [-0.1, -0.05) is 18.2 Å². The Hall–Kier alpha value is -2.60. The number of amides is 1. The number of benzene rings is 1. The molecule has 138 valence electrons. The average molecular weight is 353 g/mol. The molecule has 0 unspecified atom stereocenters. The summed E-state index contributed by atoms with van der Waals surface area (Å²) in [6.07, 6.45) is 1.74. The van der Waals surface area contributed by atoms with E-state index in [2.05, 4.69) is 32.2 Å². The monoisotopic (exact) mass is 353 g/mol. The van der Waals surface area contributed by atoms with Gasteiger partial charge in [-0.3, -0.25) is 4.79 Å². The minimum absolute atomic E-state index is 0.0116. The van der Waals surface area contributed by atoms with Crippen LogP contribution in [0.1, 0.15) is 10.5 Å². The van der Waals surface area contributed by atoms with Crippen LogP contribution in [0.4, 0.5) is 11.4 Å². The number of rotatable bonds is 6. The van der Waals surface area contributed by atoms with Crippen LogP contribution in [0.5, 0.6) is 0 Å². The van der Waals surface area contributed by atoms with Gasteiger partial charge in [-0.05, 0) is 38.4 Å². The van der Waals surface area contributed by atoms with Crippen molar-refractivity contribution >= 4 is 17.3 Å². The lowest BCUT2D eigenvalue weighted by molar-refractivity contribution is 0.0741. The fourth-order valence-electron chi connectivity index (χ4n) is 3.02. The molecular weight excluding hydrogens is 326 g/mol. The Morgan fingerprint density at radius 1 is 1.08 bits per heavy atom. The molecule has 26 heavy (non-hydrogen) atoms. The van der Waals surface area contributed by atoms with Crippen LogP contribution in [0.2, 0.25) is 0 Å². The van der Waals surface area contributed by atoms with Crippen LogP contribution < -0.4 is 10.2 Å². The van der Waals surface area contributed by atoms with Gasteiger partial charge in [-0.15, -0.1) is 0 Å². The first-order chi connectivity index (χ1) is 12.6. The number of hydrogen-bond donors (Lipinski definition) is 1. The van der Waals surface area contributed by atoms with Crippen LogP contribution in [-0.2, 0) is 0 Å². The first-order valence-corrected chi connectivity index (χ1v) is 9.07. The fourth-order valence-corrected chi connectivity index (χ4v) is 3.02. The number of carbonyl (C=O) groups is 1. The number of anilines is 2. The number of hydrogen-bond acceptors (Lipinski definition) is 5. The van der Waals surface area contributed by atoms with Crippen molar-refractivity contribution in [1.29, 1.82) is 0 Å². The topological polar surface area (TPSA) is 51.7 Å². The number of nitrogens with one attached hydrogen (secondary N) is 1. The lowest BCUT2D eigenvalue weighted by Crippen LogP contribution is -2.49. The second kappa shape index (κ2) is 8.67. The van der Waals surface area contributed by atoms with E-state index in [1.54, 1.807) is 6.20 Å². The molecular formula is C20H27N5O. The van der Waals surface area contributed by atoms with Crippen LogP contribution in [-0.4, -0.2) is 74.1 Å². The highest BCUT2D eigenvalue weighted by atomic mass is 16.2. The largest absolute Gasteiger partial charge is 0.383 e. The normalized spacial score (nSPS) is 14.6. The number of likely N-dealkylation sites (N-methyl/N-ethyl adjacent to an activating group) is 1. The van der Waals surface area contributed by atoms with Crippen LogP contribution in [0, 0.1) is 0 Å². The molecule has 0 radical (unpaired) electrons. The summed E-state index contributed by atoms with van der Waals surface area (Å²) in [7, 11) is 4.08. The molecule has 6 heteroatoms. The van der Waals surface area contributed by atoms with Crippen molar-refractivity contribution in [2.45, 2.75) is 0 Å². The minimum Gasteiger partial charge on any atom is -0.383 e. The summed E-state index contributed by atoms with van der Waals surface area (Å²) >= 11 is 0. The van der Waals surface area contributed by atoms with Gasteiger partial charge in [-0.2, -0.15) is 0 Å². The van der Waals surface area contributed by atoms with Gasteiger partial charge in [0.25, 0.3) is 5.91 Å². The molecule has 1 N–H and O–H groups in total. The van der Waals surface area contributed by atoms with E-state index < -0.39 is 0 Å². The summed E-state index contributed by atoms with van der Waals surface area (Å²) in [5, 5.41) is 3.31. The molecule has 1 saturated heterocycles. The van der Waals surface area contributed by atoms with E-state index in [4.69, 9.17) is 0 Å². The van der Waals surface area contributed by atoms with Crippen LogP contribution in [0.3, 0.4) is 0 Å². The molecule has 1 aliphatic rings. The predicted octanol–water partition coefficient (Wildman–Crippen LogP) is 2.02. The molecule has 1 aromatic heterocycles. The molecule has 1 fully saturated rings. The number of nitrogens with zero attached hydrogens (tertiary/aromatic N) is 4. The number of carbonyl (C=O) groups excluding carboxylic acids is 1. The molecule has 2 aromatic rings. The van der Waals surface area contributed by atoms with Crippen LogP contribution >= 0.6 is 0 Å². The Morgan fingerprint density at radius 2 is 1.81 bits per heavy atom. The summed E-state index contributed by atoms with van der Waals surface area (Å²) in [6.45, 7) is 4.94. The molecule has 1 amide bonds. The van der Waals surface area contributed by atoms with Gasteiger partial charge in [0.2, 0.25) is 0 Å². The molecule has 3 rings (SSSR count). The van der Waals surface area contributed by atoms with Gasteiger partial charge in [0, 0.05) is 45.0 Å². The molecule has 0 atom stereocenters. The van der Waals surface area contributed by atoms with Gasteiger partial charge in [0.1, 0.15) is 5.69 Å². The Morgan fingerprint density at radius 3 is 2.42 bits per heavy atom. The number of para-hydroxylation sites is 1. The molecule has 2 heterocycles. The third kappa shape index (κ3) is 4.73. The van der Waals surface area contributed by atoms with Gasteiger partial charge in [-0.25, -0.2) is 4.98 Å². The predicted molar refractivity (Wildman–Crippen MR) is 106 cm³/mol. The van der Waals surface area contributed by atoms with E-state index in [1.807, 2.05) is 49.3 Å². The smallest absolute Gasteiger partial charge is 0.272 e. The van der Waals surface area contributed by atoms with Crippen molar-refractivity contribution < 1.29 is 4.79 Å². The third-order valence-corrected chi connectivity index (χ3v) is 4.56. The summed E-state index contributed by atoms with van der Waals surface area (Å²) in [6, 6.07) is 14.1. The molecule has 0 bridgehead atoms. The lowest BCUT2D eigenvalue weighted by Gasteiger charge is -2.36. The van der Waals surface area contributed by atoms with E-state index in [0.717, 1.165) is 45.0 Å². The molecule has 1 aliphatic heterocycles. The molecule has 0 saturated carbocycles. The highest BCUT2D eigenvalue weighted by Crippen LogP contribution is 2.17. The van der Waals surface area contributed by atoms with Gasteiger partial charge < -0.3 is 20.0 Å². The zero-order valence-corrected chi connectivity index (χ0v) is 15.6. The zero-order chi connectivity index (χ0) is 18.4. The lowest BCUT2D eigenvalue weighted by atomic mass is 10.2. The van der Waals surface area contributed by atoms with Gasteiger partial charge in [0.15, 0.2) is 0 Å². The van der Waals surface area contributed by atoms with E-state index in [0.29, 0.717) is 5.69 Å². The number of piperazine rings is 1. The van der Waals surface area contributed by atoms with E-state index in [-0.39, 0.29) is 5.91 Å². The maximum atomic E-state index is 12.7. The van der Waals surface area contributed by atoms with E-state index in [9.17, 15) is 4.79 Å². The fraction of sp³-hybridized carbons (Fsp3) is 0.400. The molecule has 6 nitrogen and oxygen atoms in total. The third-order valence-electron chi connectivity index (χ3n) is 4.56. The second-order valence-electron chi connectivity index (χ2n) is 6.78. The van der Waals surface area contributed by atoms with Crippen molar-refractivity contribution in [2.24, 2.45) is 0 Å². The number of pyridine rings is 1. The van der Waals surface area contributed by atoms with Gasteiger partial charge >= 0.3 is 0 Å². The Kier molecular flexibility index (Phi) is 6.07. The maximum absolute atomic E-state index is 12.7. The SMILES string of the molecule is CN(C)CCNc1ccc(C(=O)N2CCN(c3ccccc3)CC2)nc1.